The molecule has 1 aliphatic rings. The summed E-state index contributed by atoms with van der Waals surface area (Å²) in [6, 6.07) is 0. The van der Waals surface area contributed by atoms with Crippen LogP contribution in [-0.2, 0) is 0 Å². The van der Waals surface area contributed by atoms with Gasteiger partial charge in [-0.15, -0.1) is 0 Å². The molecule has 0 aliphatic heterocycles. The fourth-order valence-electron chi connectivity index (χ4n) is 2.37. The molecule has 15 heavy (non-hydrogen) atoms. The maximum absolute atomic E-state index is 12.1. The number of rotatable bonds is 1. The molecule has 0 saturated heterocycles. The lowest BCUT2D eigenvalue weighted by atomic mass is 10.0. The third-order valence-electron chi connectivity index (χ3n) is 4.04. The second kappa shape index (κ2) is 2.85. The van der Waals surface area contributed by atoms with Gasteiger partial charge >= 0.3 is 0 Å². The molecule has 1 heterocycles. The summed E-state index contributed by atoms with van der Waals surface area (Å²) >= 11 is 5.74. The zero-order chi connectivity index (χ0) is 11.4. The van der Waals surface area contributed by atoms with Crippen LogP contribution < -0.4 is 0 Å². The normalized spacial score (nSPS) is 22.7. The summed E-state index contributed by atoms with van der Waals surface area (Å²) in [5.74, 6) is 0.0675. The highest BCUT2D eigenvalue weighted by Crippen LogP contribution is 2.68. The fraction of sp³-hybridized carbons (Fsp3) is 0.636. The van der Waals surface area contributed by atoms with Gasteiger partial charge in [-0.3, -0.25) is 4.79 Å². The van der Waals surface area contributed by atoms with E-state index >= 15 is 0 Å². The monoisotopic (exact) mass is 226 g/mol. The highest BCUT2D eigenvalue weighted by molar-refractivity contribution is 6.30. The van der Waals surface area contributed by atoms with Crippen molar-refractivity contribution in [2.45, 2.75) is 27.7 Å². The van der Waals surface area contributed by atoms with E-state index in [4.69, 9.17) is 11.6 Å². The number of hydrogen-bond acceptors (Lipinski definition) is 2. The molecule has 2 rings (SSSR count). The Morgan fingerprint density at radius 3 is 2.27 bits per heavy atom. The molecule has 1 saturated carbocycles. The molecule has 0 unspecified atom stereocenters. The number of nitrogens with zero attached hydrogens (tertiary/aromatic N) is 2. The van der Waals surface area contributed by atoms with Crippen LogP contribution in [0.1, 0.15) is 32.5 Å². The minimum atomic E-state index is 0.0287. The highest BCUT2D eigenvalue weighted by atomic mass is 35.5. The van der Waals surface area contributed by atoms with Gasteiger partial charge in [0.1, 0.15) is 0 Å². The first-order chi connectivity index (χ1) is 6.78. The quantitative estimate of drug-likeness (QED) is 0.738. The Bertz CT molecular complexity index is 406. The molecule has 3 nitrogen and oxygen atoms in total. The van der Waals surface area contributed by atoms with Crippen molar-refractivity contribution in [3.8, 4) is 0 Å². The number of carbonyl (C=O) groups is 1. The van der Waals surface area contributed by atoms with Gasteiger partial charge in [0.25, 0.3) is 5.91 Å². The number of hydrogen-bond donors (Lipinski definition) is 0. The minimum absolute atomic E-state index is 0.0287. The molecule has 1 aromatic heterocycles. The van der Waals surface area contributed by atoms with Crippen LogP contribution in [-0.4, -0.2) is 15.7 Å². The first-order valence-corrected chi connectivity index (χ1v) is 5.40. The van der Waals surface area contributed by atoms with Gasteiger partial charge in [-0.2, -0.15) is 5.10 Å². The van der Waals surface area contributed by atoms with E-state index in [1.807, 2.05) is 0 Å². The lowest BCUT2D eigenvalue weighted by Crippen LogP contribution is -2.17. The zero-order valence-corrected chi connectivity index (χ0v) is 10.2. The second-order valence-electron chi connectivity index (χ2n) is 5.32. The Hall–Kier alpha value is -0.830. The summed E-state index contributed by atoms with van der Waals surface area (Å²) in [7, 11) is 0. The van der Waals surface area contributed by atoms with Crippen molar-refractivity contribution < 1.29 is 4.79 Å². The molecule has 1 aromatic rings. The Morgan fingerprint density at radius 2 is 1.93 bits per heavy atom. The van der Waals surface area contributed by atoms with Crippen LogP contribution in [0.4, 0.5) is 0 Å². The Morgan fingerprint density at radius 1 is 1.40 bits per heavy atom. The predicted octanol–water partition coefficient (Wildman–Crippen LogP) is 2.86. The summed E-state index contributed by atoms with van der Waals surface area (Å²) < 4.78 is 1.35. The van der Waals surface area contributed by atoms with E-state index in [1.165, 1.54) is 10.9 Å². The van der Waals surface area contributed by atoms with Gasteiger partial charge in [-0.25, -0.2) is 4.68 Å². The lowest BCUT2D eigenvalue weighted by Gasteiger charge is -2.03. The van der Waals surface area contributed by atoms with Crippen LogP contribution in [0.25, 0.3) is 0 Å². The third-order valence-corrected chi connectivity index (χ3v) is 4.24. The van der Waals surface area contributed by atoms with Gasteiger partial charge in [0.05, 0.1) is 23.3 Å². The van der Waals surface area contributed by atoms with Crippen molar-refractivity contribution in [1.29, 1.82) is 0 Å². The molecule has 4 heteroatoms. The number of halogens is 1. The first-order valence-electron chi connectivity index (χ1n) is 5.03. The average molecular weight is 227 g/mol. The summed E-state index contributed by atoms with van der Waals surface area (Å²) in [5.41, 5.74) is 0.0883. The molecule has 0 atom stereocenters. The van der Waals surface area contributed by atoms with E-state index in [0.29, 0.717) is 5.02 Å². The summed E-state index contributed by atoms with van der Waals surface area (Å²) in [4.78, 5) is 12.1. The van der Waals surface area contributed by atoms with Crippen LogP contribution in [0.2, 0.25) is 5.02 Å². The number of carbonyl (C=O) groups excluding carboxylic acids is 1. The Kier molecular flexibility index (Phi) is 2.03. The van der Waals surface area contributed by atoms with E-state index in [1.54, 1.807) is 6.20 Å². The molecule has 82 valence electrons. The van der Waals surface area contributed by atoms with Gasteiger partial charge < -0.3 is 0 Å². The molecule has 0 spiro atoms. The van der Waals surface area contributed by atoms with Crippen LogP contribution in [0.5, 0.6) is 0 Å². The first kappa shape index (κ1) is 10.7. The summed E-state index contributed by atoms with van der Waals surface area (Å²) in [6.45, 7) is 8.45. The standard InChI is InChI=1S/C11H15ClN2O/c1-10(2)8(11(10,3)4)9(15)14-6-7(12)5-13-14/h5-6,8H,1-4H3. The minimum Gasteiger partial charge on any atom is -0.272 e. The fourth-order valence-corrected chi connectivity index (χ4v) is 2.50. The molecular weight excluding hydrogens is 212 g/mol. The van der Waals surface area contributed by atoms with Gasteiger partial charge in [0, 0.05) is 0 Å². The van der Waals surface area contributed by atoms with Gasteiger partial charge in [0.2, 0.25) is 0 Å². The van der Waals surface area contributed by atoms with E-state index in [9.17, 15) is 4.79 Å². The molecule has 1 aliphatic carbocycles. The molecule has 0 bridgehead atoms. The van der Waals surface area contributed by atoms with E-state index in [-0.39, 0.29) is 22.7 Å². The summed E-state index contributed by atoms with van der Waals surface area (Å²) in [5, 5.41) is 4.44. The van der Waals surface area contributed by atoms with Crippen LogP contribution in [0.3, 0.4) is 0 Å². The zero-order valence-electron chi connectivity index (χ0n) is 9.41. The van der Waals surface area contributed by atoms with Gasteiger partial charge in [-0.05, 0) is 10.8 Å². The largest absolute Gasteiger partial charge is 0.272 e. The smallest absolute Gasteiger partial charge is 0.251 e. The molecular formula is C11H15ClN2O. The molecule has 1 fully saturated rings. The van der Waals surface area contributed by atoms with Crippen molar-refractivity contribution in [3.05, 3.63) is 17.4 Å². The Balaban J connectivity index is 2.26. The van der Waals surface area contributed by atoms with Crippen LogP contribution in [0, 0.1) is 16.7 Å². The van der Waals surface area contributed by atoms with Crippen molar-refractivity contribution in [2.24, 2.45) is 16.7 Å². The number of aromatic nitrogens is 2. The van der Waals surface area contributed by atoms with Crippen molar-refractivity contribution in [2.75, 3.05) is 0 Å². The molecule has 0 aromatic carbocycles. The van der Waals surface area contributed by atoms with Gasteiger partial charge in [0.15, 0.2) is 0 Å². The maximum atomic E-state index is 12.1. The van der Waals surface area contributed by atoms with Crippen molar-refractivity contribution in [3.63, 3.8) is 0 Å². The Labute approximate surface area is 94.4 Å². The summed E-state index contributed by atoms with van der Waals surface area (Å²) in [6.07, 6.45) is 3.05. The van der Waals surface area contributed by atoms with Crippen molar-refractivity contribution >= 4 is 17.5 Å². The maximum Gasteiger partial charge on any atom is 0.251 e. The average Bonchev–Trinajstić information content (AvgIpc) is 2.49. The topological polar surface area (TPSA) is 34.9 Å². The molecule has 0 N–H and O–H groups in total. The third kappa shape index (κ3) is 1.33. The van der Waals surface area contributed by atoms with E-state index in [2.05, 4.69) is 32.8 Å². The predicted molar refractivity (Wildman–Crippen MR) is 58.9 cm³/mol. The van der Waals surface area contributed by atoms with Crippen LogP contribution >= 0.6 is 11.6 Å². The van der Waals surface area contributed by atoms with E-state index < -0.39 is 0 Å². The van der Waals surface area contributed by atoms with Crippen molar-refractivity contribution in [1.82, 2.24) is 9.78 Å². The highest BCUT2D eigenvalue weighted by Gasteiger charge is 2.68. The lowest BCUT2D eigenvalue weighted by molar-refractivity contribution is 0.0845. The molecule has 0 radical (unpaired) electrons. The molecule has 0 amide bonds. The van der Waals surface area contributed by atoms with Crippen LogP contribution in [0.15, 0.2) is 12.4 Å². The van der Waals surface area contributed by atoms with E-state index in [0.717, 1.165) is 0 Å². The second-order valence-corrected chi connectivity index (χ2v) is 5.75. The SMILES string of the molecule is CC1(C)C(C(=O)n2cc(Cl)cn2)C1(C)C. The van der Waals surface area contributed by atoms with Gasteiger partial charge in [-0.1, -0.05) is 39.3 Å².